The van der Waals surface area contributed by atoms with Gasteiger partial charge in [-0.25, -0.2) is 18.4 Å². The van der Waals surface area contributed by atoms with Gasteiger partial charge in [-0.1, -0.05) is 0 Å². The van der Waals surface area contributed by atoms with Crippen molar-refractivity contribution in [1.82, 2.24) is 30.0 Å². The number of piperidine rings is 1. The molecule has 3 heterocycles. The maximum Gasteiger partial charge on any atom is 0.573 e. The van der Waals surface area contributed by atoms with Crippen molar-refractivity contribution in [3.63, 3.8) is 0 Å². The van der Waals surface area contributed by atoms with Crippen LogP contribution in [0.3, 0.4) is 0 Å². The van der Waals surface area contributed by atoms with E-state index in [1.807, 2.05) is 4.90 Å². The number of nitrogens with zero attached hydrogens (tertiary/aromatic N) is 6. The van der Waals surface area contributed by atoms with E-state index in [0.29, 0.717) is 31.2 Å². The van der Waals surface area contributed by atoms with Crippen LogP contribution in [0.1, 0.15) is 48.4 Å². The van der Waals surface area contributed by atoms with Crippen molar-refractivity contribution >= 4 is 21.7 Å². The summed E-state index contributed by atoms with van der Waals surface area (Å²) in [5.41, 5.74) is -0.666. The number of aromatic nitrogens is 5. The molecule has 0 radical (unpaired) electrons. The van der Waals surface area contributed by atoms with Crippen molar-refractivity contribution < 1.29 is 39.9 Å². The first-order valence-electron chi connectivity index (χ1n) is 11.6. The van der Waals surface area contributed by atoms with Crippen molar-refractivity contribution in [3.8, 4) is 11.7 Å². The summed E-state index contributed by atoms with van der Waals surface area (Å²) in [6, 6.07) is 2.01. The van der Waals surface area contributed by atoms with E-state index in [1.165, 1.54) is 24.0 Å². The fourth-order valence-corrected chi connectivity index (χ4v) is 4.65. The van der Waals surface area contributed by atoms with Crippen molar-refractivity contribution in [2.24, 2.45) is 0 Å². The second-order valence-corrected chi connectivity index (χ2v) is 10.4. The maximum absolute atomic E-state index is 13.1. The van der Waals surface area contributed by atoms with E-state index in [4.69, 9.17) is 0 Å². The van der Waals surface area contributed by atoms with Gasteiger partial charge in [0.05, 0.1) is 10.9 Å². The normalized spacial score (nSPS) is 15.3. The number of sulfone groups is 1. The summed E-state index contributed by atoms with van der Waals surface area (Å²) < 4.78 is 93.5. The zero-order valence-corrected chi connectivity index (χ0v) is 21.1. The molecule has 0 aliphatic carbocycles. The number of carbonyl (C=O) groups excluding carboxylic acids is 1. The zero-order chi connectivity index (χ0) is 28.4. The molecule has 1 amide bonds. The molecule has 1 aliphatic heterocycles. The Balaban J connectivity index is 1.68. The molecule has 1 atom stereocenters. The molecule has 1 fully saturated rings. The van der Waals surface area contributed by atoms with Crippen molar-refractivity contribution in [2.45, 2.75) is 49.2 Å². The highest BCUT2D eigenvalue weighted by Gasteiger charge is 2.34. The lowest BCUT2D eigenvalue weighted by atomic mass is 10.1. The van der Waals surface area contributed by atoms with Gasteiger partial charge in [0, 0.05) is 31.0 Å². The monoisotopic (exact) mass is 575 g/mol. The molecular weight excluding hydrogens is 553 g/mol. The highest BCUT2D eigenvalue weighted by atomic mass is 32.2. The lowest BCUT2D eigenvalue weighted by Crippen LogP contribution is -2.30. The Labute approximate surface area is 218 Å². The first-order valence-corrected chi connectivity index (χ1v) is 13.1. The number of amides is 1. The molecule has 17 heteroatoms. The van der Waals surface area contributed by atoms with Gasteiger partial charge in [0.1, 0.15) is 5.75 Å². The smallest absolute Gasteiger partial charge is 0.406 e. The molecule has 0 unspecified atom stereocenters. The quantitative estimate of drug-likeness (QED) is 0.401. The highest BCUT2D eigenvalue weighted by Crippen LogP contribution is 2.30. The van der Waals surface area contributed by atoms with Crippen LogP contribution in [0.25, 0.3) is 5.95 Å². The minimum atomic E-state index is -5.35. The fraction of sp³-hybridized carbons (Fsp3) is 0.409. The number of halogens is 5. The van der Waals surface area contributed by atoms with Crippen LogP contribution in [-0.4, -0.2) is 64.3 Å². The number of hydrogen-bond acceptors (Lipinski definition) is 9. The van der Waals surface area contributed by atoms with Gasteiger partial charge in [-0.05, 0) is 50.5 Å². The number of alkyl halides is 5. The van der Waals surface area contributed by atoms with Crippen molar-refractivity contribution in [1.29, 1.82) is 0 Å². The number of benzene rings is 1. The summed E-state index contributed by atoms with van der Waals surface area (Å²) in [4.78, 5) is 26.6. The van der Waals surface area contributed by atoms with Crippen LogP contribution in [0.4, 0.5) is 27.9 Å². The molecule has 1 saturated heterocycles. The number of anilines is 1. The van der Waals surface area contributed by atoms with Crippen molar-refractivity contribution in [2.75, 3.05) is 18.0 Å². The maximum atomic E-state index is 13.1. The van der Waals surface area contributed by atoms with Gasteiger partial charge in [-0.15, -0.1) is 18.3 Å². The standard InChI is InChI=1S/C22H22F5N7O4S/c1-13(17-31-21(33-8-3-2-4-9-33)32-34(17)20-28-6-5-7-29-20)30-18(35)14-10-15(38-22(25,26)27)12-16(11-14)39(36,37)19(23)24/h5-7,10-13,19H,2-4,8-9H2,1H3,(H,30,35)/t13-/m0/s1. The topological polar surface area (TPSA) is 132 Å². The molecule has 11 nitrogen and oxygen atoms in total. The lowest BCUT2D eigenvalue weighted by molar-refractivity contribution is -0.274. The van der Waals surface area contributed by atoms with E-state index in [1.54, 1.807) is 6.07 Å². The van der Waals surface area contributed by atoms with E-state index in [2.05, 4.69) is 30.1 Å². The largest absolute Gasteiger partial charge is 0.573 e. The molecule has 1 aromatic carbocycles. The molecule has 0 saturated carbocycles. The van der Waals surface area contributed by atoms with Crippen LogP contribution < -0.4 is 15.0 Å². The summed E-state index contributed by atoms with van der Waals surface area (Å²) in [7, 11) is -5.35. The van der Waals surface area contributed by atoms with Gasteiger partial charge in [0.15, 0.2) is 5.82 Å². The Bertz CT molecular complexity index is 1430. The third kappa shape index (κ3) is 6.58. The molecule has 0 spiro atoms. The van der Waals surface area contributed by atoms with Crippen LogP contribution in [0.5, 0.6) is 5.75 Å². The molecule has 4 rings (SSSR count). The van der Waals surface area contributed by atoms with Gasteiger partial charge < -0.3 is 15.0 Å². The Morgan fingerprint density at radius 2 is 1.72 bits per heavy atom. The van der Waals surface area contributed by atoms with Crippen LogP contribution in [0.2, 0.25) is 0 Å². The van der Waals surface area contributed by atoms with Gasteiger partial charge in [-0.2, -0.15) is 18.4 Å². The summed E-state index contributed by atoms with van der Waals surface area (Å²) >= 11 is 0. The Kier molecular flexibility index (Phi) is 7.99. The predicted octanol–water partition coefficient (Wildman–Crippen LogP) is 3.43. The third-order valence-electron chi connectivity index (χ3n) is 5.68. The molecule has 210 valence electrons. The van der Waals surface area contributed by atoms with Crippen molar-refractivity contribution in [3.05, 3.63) is 48.0 Å². The van der Waals surface area contributed by atoms with Gasteiger partial charge in [0.25, 0.3) is 11.9 Å². The number of nitrogens with one attached hydrogen (secondary N) is 1. The van der Waals surface area contributed by atoms with Crippen LogP contribution in [-0.2, 0) is 9.84 Å². The van der Waals surface area contributed by atoms with Crippen LogP contribution in [0.15, 0.2) is 41.6 Å². The average molecular weight is 576 g/mol. The number of ether oxygens (including phenoxy) is 1. The molecule has 0 bridgehead atoms. The average Bonchev–Trinajstić information content (AvgIpc) is 3.34. The Morgan fingerprint density at radius 1 is 1.05 bits per heavy atom. The molecular formula is C22H22F5N7O4S. The van der Waals surface area contributed by atoms with E-state index < -0.39 is 50.1 Å². The SMILES string of the molecule is C[C@H](NC(=O)c1cc(OC(F)(F)F)cc(S(=O)(=O)C(F)F)c1)c1nc(N2CCCCC2)nn1-c1ncccn1. The van der Waals surface area contributed by atoms with E-state index in [9.17, 15) is 35.2 Å². The fourth-order valence-electron chi connectivity index (χ4n) is 3.88. The number of rotatable bonds is 8. The Morgan fingerprint density at radius 3 is 2.33 bits per heavy atom. The third-order valence-corrected chi connectivity index (χ3v) is 7.04. The summed E-state index contributed by atoms with van der Waals surface area (Å²) in [6.45, 7) is 2.90. The first kappa shape index (κ1) is 28.1. The van der Waals surface area contributed by atoms with E-state index in [-0.39, 0.29) is 17.8 Å². The highest BCUT2D eigenvalue weighted by molar-refractivity contribution is 7.91. The zero-order valence-electron chi connectivity index (χ0n) is 20.3. The van der Waals surface area contributed by atoms with E-state index in [0.717, 1.165) is 19.3 Å². The lowest BCUT2D eigenvalue weighted by Gasteiger charge is -2.25. The predicted molar refractivity (Wildman–Crippen MR) is 125 cm³/mol. The first-order chi connectivity index (χ1) is 18.3. The number of hydrogen-bond donors (Lipinski definition) is 1. The van der Waals surface area contributed by atoms with Gasteiger partial charge in [0.2, 0.25) is 15.8 Å². The van der Waals surface area contributed by atoms with Crippen LogP contribution in [0, 0.1) is 0 Å². The summed E-state index contributed by atoms with van der Waals surface area (Å²) in [5.74, 6) is -5.53. The minimum Gasteiger partial charge on any atom is -0.406 e. The van der Waals surface area contributed by atoms with Crippen LogP contribution >= 0.6 is 0 Å². The summed E-state index contributed by atoms with van der Waals surface area (Å²) in [6.07, 6.45) is 0.573. The van der Waals surface area contributed by atoms with Gasteiger partial charge in [-0.3, -0.25) is 4.79 Å². The number of carbonyl (C=O) groups is 1. The molecule has 1 aliphatic rings. The molecule has 3 aromatic rings. The second kappa shape index (κ2) is 11.1. The summed E-state index contributed by atoms with van der Waals surface area (Å²) in [5, 5.41) is 6.95. The molecule has 2 aromatic heterocycles. The second-order valence-electron chi connectivity index (χ2n) is 8.52. The Hall–Kier alpha value is -3.89. The minimum absolute atomic E-state index is 0.134. The molecule has 1 N–H and O–H groups in total. The molecule has 39 heavy (non-hydrogen) atoms. The van der Waals surface area contributed by atoms with E-state index >= 15 is 0 Å². The van der Waals surface area contributed by atoms with Gasteiger partial charge >= 0.3 is 12.1 Å².